The Morgan fingerprint density at radius 3 is 2.76 bits per heavy atom. The Hall–Kier alpha value is -1.89. The van der Waals surface area contributed by atoms with Crippen LogP contribution in [0.3, 0.4) is 0 Å². The van der Waals surface area contributed by atoms with Gasteiger partial charge in [-0.25, -0.2) is 14.8 Å². The Bertz CT molecular complexity index is 683. The van der Waals surface area contributed by atoms with Gasteiger partial charge in [0.15, 0.2) is 5.13 Å². The molecule has 1 N–H and O–H groups in total. The molecular formula is C14H18N4O2S. The summed E-state index contributed by atoms with van der Waals surface area (Å²) in [6.07, 6.45) is 3.77. The van der Waals surface area contributed by atoms with E-state index < -0.39 is 5.97 Å². The van der Waals surface area contributed by atoms with E-state index in [-0.39, 0.29) is 5.41 Å². The molecule has 0 aromatic carbocycles. The highest BCUT2D eigenvalue weighted by Crippen LogP contribution is 2.34. The van der Waals surface area contributed by atoms with E-state index in [0.29, 0.717) is 17.1 Å². The van der Waals surface area contributed by atoms with Crippen molar-refractivity contribution in [2.24, 2.45) is 0 Å². The second-order valence-electron chi connectivity index (χ2n) is 6.19. The van der Waals surface area contributed by atoms with Crippen molar-refractivity contribution in [3.63, 3.8) is 0 Å². The van der Waals surface area contributed by atoms with Gasteiger partial charge in [-0.15, -0.1) is 0 Å². The Labute approximate surface area is 127 Å². The van der Waals surface area contributed by atoms with Crippen molar-refractivity contribution in [2.75, 3.05) is 11.4 Å². The molecule has 1 aliphatic rings. The van der Waals surface area contributed by atoms with Crippen LogP contribution >= 0.6 is 11.3 Å². The minimum atomic E-state index is -0.901. The number of aromatic nitrogens is 3. The number of rotatable bonds is 2. The molecule has 0 aliphatic carbocycles. The Balaban J connectivity index is 1.95. The minimum Gasteiger partial charge on any atom is -0.477 e. The highest BCUT2D eigenvalue weighted by atomic mass is 32.1. The van der Waals surface area contributed by atoms with Crippen molar-refractivity contribution in [3.8, 4) is 0 Å². The second kappa shape index (κ2) is 4.84. The molecule has 0 bridgehead atoms. The van der Waals surface area contributed by atoms with Gasteiger partial charge in [0, 0.05) is 30.9 Å². The molecule has 1 aliphatic heterocycles. The Morgan fingerprint density at radius 1 is 1.38 bits per heavy atom. The van der Waals surface area contributed by atoms with Gasteiger partial charge in [0.1, 0.15) is 10.7 Å². The van der Waals surface area contributed by atoms with Gasteiger partial charge in [-0.05, 0) is 0 Å². The number of aromatic carboxylic acids is 1. The molecule has 0 atom stereocenters. The highest BCUT2D eigenvalue weighted by Gasteiger charge is 2.29. The summed E-state index contributed by atoms with van der Waals surface area (Å²) in [5, 5.41) is 10.2. The van der Waals surface area contributed by atoms with Crippen LogP contribution < -0.4 is 4.90 Å². The summed E-state index contributed by atoms with van der Waals surface area (Å²) in [6.45, 7) is 8.30. The number of carboxylic acid groups (broad SMARTS) is 1. The lowest BCUT2D eigenvalue weighted by molar-refractivity contribution is 0.0699. The zero-order valence-corrected chi connectivity index (χ0v) is 13.1. The van der Waals surface area contributed by atoms with E-state index in [9.17, 15) is 9.90 Å². The van der Waals surface area contributed by atoms with Crippen LogP contribution in [-0.4, -0.2) is 32.2 Å². The molecule has 0 radical (unpaired) electrons. The fourth-order valence-corrected chi connectivity index (χ4v) is 3.57. The molecule has 21 heavy (non-hydrogen) atoms. The molecule has 2 aromatic rings. The lowest BCUT2D eigenvalue weighted by Gasteiger charge is -2.27. The number of anilines is 1. The molecule has 7 heteroatoms. The van der Waals surface area contributed by atoms with Crippen LogP contribution in [0.2, 0.25) is 0 Å². The normalized spacial score (nSPS) is 15.1. The van der Waals surface area contributed by atoms with E-state index in [2.05, 4.69) is 19.4 Å². The molecule has 3 rings (SSSR count). The SMILES string of the molecule is CC(C)(C)c1nc(N2CCn3ccnc3C2)sc1C(=O)O. The predicted molar refractivity (Wildman–Crippen MR) is 81.1 cm³/mol. The first kappa shape index (κ1) is 14.1. The maximum atomic E-state index is 11.5. The first-order chi connectivity index (χ1) is 9.86. The molecule has 0 unspecified atom stereocenters. The molecule has 0 amide bonds. The molecular weight excluding hydrogens is 288 g/mol. The summed E-state index contributed by atoms with van der Waals surface area (Å²) >= 11 is 1.26. The van der Waals surface area contributed by atoms with Crippen LogP contribution in [0.25, 0.3) is 0 Å². The van der Waals surface area contributed by atoms with E-state index in [0.717, 1.165) is 24.0 Å². The fourth-order valence-electron chi connectivity index (χ4n) is 2.43. The standard InChI is InChI=1S/C14H18N4O2S/c1-14(2,3)11-10(12(19)20)21-13(16-11)18-7-6-17-5-4-15-9(17)8-18/h4-5H,6-8H2,1-3H3,(H,19,20). The number of carbonyl (C=O) groups is 1. The maximum absolute atomic E-state index is 11.5. The van der Waals surface area contributed by atoms with Crippen LogP contribution in [0.15, 0.2) is 12.4 Å². The maximum Gasteiger partial charge on any atom is 0.347 e. The lowest BCUT2D eigenvalue weighted by Crippen LogP contribution is -2.33. The van der Waals surface area contributed by atoms with E-state index in [1.165, 1.54) is 11.3 Å². The summed E-state index contributed by atoms with van der Waals surface area (Å²) in [4.78, 5) is 22.8. The van der Waals surface area contributed by atoms with Crippen molar-refractivity contribution < 1.29 is 9.90 Å². The van der Waals surface area contributed by atoms with Crippen molar-refractivity contribution in [3.05, 3.63) is 28.8 Å². The van der Waals surface area contributed by atoms with E-state index >= 15 is 0 Å². The molecule has 6 nitrogen and oxygen atoms in total. The molecule has 0 spiro atoms. The van der Waals surface area contributed by atoms with E-state index in [1.54, 1.807) is 6.20 Å². The van der Waals surface area contributed by atoms with Crippen molar-refractivity contribution in [2.45, 2.75) is 39.3 Å². The molecule has 112 valence electrons. The van der Waals surface area contributed by atoms with Gasteiger partial charge in [0.2, 0.25) is 0 Å². The zero-order valence-electron chi connectivity index (χ0n) is 12.3. The summed E-state index contributed by atoms with van der Waals surface area (Å²) < 4.78 is 2.12. The third-order valence-electron chi connectivity index (χ3n) is 3.54. The van der Waals surface area contributed by atoms with E-state index in [1.807, 2.05) is 27.0 Å². The fraction of sp³-hybridized carbons (Fsp3) is 0.500. The second-order valence-corrected chi connectivity index (χ2v) is 7.17. The van der Waals surface area contributed by atoms with Crippen molar-refractivity contribution in [1.82, 2.24) is 14.5 Å². The van der Waals surface area contributed by atoms with Crippen LogP contribution in [0, 0.1) is 0 Å². The Kier molecular flexibility index (Phi) is 3.24. The third kappa shape index (κ3) is 2.53. The number of hydrogen-bond acceptors (Lipinski definition) is 5. The van der Waals surface area contributed by atoms with Gasteiger partial charge in [-0.3, -0.25) is 0 Å². The number of thiazole rings is 1. The summed E-state index contributed by atoms with van der Waals surface area (Å²) in [5.74, 6) is 0.0906. The highest BCUT2D eigenvalue weighted by molar-refractivity contribution is 7.17. The van der Waals surface area contributed by atoms with Crippen LogP contribution in [-0.2, 0) is 18.5 Å². The molecule has 0 saturated heterocycles. The minimum absolute atomic E-state index is 0.281. The van der Waals surface area contributed by atoms with Gasteiger partial charge in [0.05, 0.1) is 12.2 Å². The predicted octanol–water partition coefficient (Wildman–Crippen LogP) is 2.36. The van der Waals surface area contributed by atoms with Gasteiger partial charge in [0.25, 0.3) is 0 Å². The third-order valence-corrected chi connectivity index (χ3v) is 4.64. The molecule has 0 fully saturated rings. The van der Waals surface area contributed by atoms with Crippen LogP contribution in [0.1, 0.15) is 42.0 Å². The van der Waals surface area contributed by atoms with E-state index in [4.69, 9.17) is 0 Å². The van der Waals surface area contributed by atoms with Gasteiger partial charge >= 0.3 is 5.97 Å². The molecule has 0 saturated carbocycles. The topological polar surface area (TPSA) is 71.2 Å². The summed E-state index contributed by atoms with van der Waals surface area (Å²) in [6, 6.07) is 0. The van der Waals surface area contributed by atoms with Crippen LogP contribution in [0.4, 0.5) is 5.13 Å². The summed E-state index contributed by atoms with van der Waals surface area (Å²) in [5.41, 5.74) is 0.375. The van der Waals surface area contributed by atoms with Gasteiger partial charge < -0.3 is 14.6 Å². The molecule has 3 heterocycles. The average Bonchev–Trinajstić information content (AvgIpc) is 3.03. The number of fused-ring (bicyclic) bond motifs is 1. The first-order valence-electron chi connectivity index (χ1n) is 6.86. The number of carboxylic acids is 1. The first-order valence-corrected chi connectivity index (χ1v) is 7.67. The van der Waals surface area contributed by atoms with Crippen LogP contribution in [0.5, 0.6) is 0 Å². The van der Waals surface area contributed by atoms with Crippen molar-refractivity contribution in [1.29, 1.82) is 0 Å². The number of nitrogens with zero attached hydrogens (tertiary/aromatic N) is 4. The molecule has 2 aromatic heterocycles. The average molecular weight is 306 g/mol. The van der Waals surface area contributed by atoms with Crippen molar-refractivity contribution >= 4 is 22.4 Å². The lowest BCUT2D eigenvalue weighted by atomic mass is 9.91. The van der Waals surface area contributed by atoms with Gasteiger partial charge in [-0.2, -0.15) is 0 Å². The quantitative estimate of drug-likeness (QED) is 0.922. The smallest absolute Gasteiger partial charge is 0.347 e. The summed E-state index contributed by atoms with van der Waals surface area (Å²) in [7, 11) is 0. The largest absolute Gasteiger partial charge is 0.477 e. The zero-order chi connectivity index (χ0) is 15.2. The monoisotopic (exact) mass is 306 g/mol. The Morgan fingerprint density at radius 2 is 2.14 bits per heavy atom. The van der Waals surface area contributed by atoms with Gasteiger partial charge in [-0.1, -0.05) is 32.1 Å². The number of hydrogen-bond donors (Lipinski definition) is 1. The number of imidazole rings is 1.